The van der Waals surface area contributed by atoms with Gasteiger partial charge in [0.25, 0.3) is 0 Å². The highest BCUT2D eigenvalue weighted by Gasteiger charge is 2.64. The van der Waals surface area contributed by atoms with Crippen LogP contribution in [0.2, 0.25) is 0 Å². The molecule has 0 aliphatic rings. The lowest BCUT2D eigenvalue weighted by atomic mass is 10.1. The highest BCUT2D eigenvalue weighted by atomic mass is 19.4. The molecule has 0 fully saturated rings. The van der Waals surface area contributed by atoms with Crippen LogP contribution in [-0.2, 0) is 20.9 Å². The Kier molecular flexibility index (Phi) is 7.08. The SMILES string of the molecule is CCOC(=O)[C@](NC(=O)OCc1ccccc1)(Nc1ccc(C)cc1)C(F)(F)F. The molecule has 2 rings (SSSR count). The second kappa shape index (κ2) is 9.31. The van der Waals surface area contributed by atoms with E-state index in [9.17, 15) is 22.8 Å². The molecule has 0 spiro atoms. The van der Waals surface area contributed by atoms with Gasteiger partial charge in [0.2, 0.25) is 0 Å². The second-order valence-corrected chi connectivity index (χ2v) is 6.15. The number of alkyl halides is 3. The van der Waals surface area contributed by atoms with E-state index in [0.29, 0.717) is 5.56 Å². The number of aryl methyl sites for hydroxylation is 1. The average molecular weight is 410 g/mol. The number of rotatable bonds is 7. The number of amides is 1. The molecule has 2 N–H and O–H groups in total. The predicted octanol–water partition coefficient (Wildman–Crippen LogP) is 4.16. The van der Waals surface area contributed by atoms with Gasteiger partial charge in [-0.15, -0.1) is 0 Å². The van der Waals surface area contributed by atoms with E-state index in [1.807, 2.05) is 0 Å². The zero-order valence-electron chi connectivity index (χ0n) is 15.9. The molecular formula is C20H21F3N2O4. The Labute approximate surface area is 166 Å². The number of hydrogen-bond donors (Lipinski definition) is 2. The van der Waals surface area contributed by atoms with Gasteiger partial charge in [0.1, 0.15) is 6.61 Å². The van der Waals surface area contributed by atoms with Crippen LogP contribution in [0.5, 0.6) is 0 Å². The standard InChI is InChI=1S/C20H21F3N2O4/c1-3-28-17(26)19(20(21,22)23,24-16-11-9-14(2)10-12-16)25-18(27)29-13-15-7-5-4-6-8-15/h4-12,24H,3,13H2,1-2H3,(H,25,27)/t19-/m1/s1. The minimum absolute atomic E-state index is 0.0377. The molecule has 2 aromatic carbocycles. The Morgan fingerprint density at radius 2 is 1.59 bits per heavy atom. The maximum absolute atomic E-state index is 14.0. The van der Waals surface area contributed by atoms with Crippen LogP contribution < -0.4 is 10.6 Å². The van der Waals surface area contributed by atoms with Crippen LogP contribution in [0, 0.1) is 6.92 Å². The monoisotopic (exact) mass is 410 g/mol. The van der Waals surface area contributed by atoms with E-state index in [1.54, 1.807) is 54.7 Å². The minimum atomic E-state index is -5.23. The maximum Gasteiger partial charge on any atom is 0.442 e. The molecule has 0 aliphatic carbocycles. The van der Waals surface area contributed by atoms with Crippen molar-refractivity contribution in [1.82, 2.24) is 5.32 Å². The summed E-state index contributed by atoms with van der Waals surface area (Å²) < 4.78 is 51.5. The number of anilines is 1. The summed E-state index contributed by atoms with van der Waals surface area (Å²) in [4.78, 5) is 24.5. The number of carbonyl (C=O) groups excluding carboxylic acids is 2. The molecule has 6 nitrogen and oxygen atoms in total. The highest BCUT2D eigenvalue weighted by Crippen LogP contribution is 2.33. The van der Waals surface area contributed by atoms with Crippen LogP contribution in [0.3, 0.4) is 0 Å². The van der Waals surface area contributed by atoms with Gasteiger partial charge in [0.15, 0.2) is 0 Å². The lowest BCUT2D eigenvalue weighted by Crippen LogP contribution is -2.69. The van der Waals surface area contributed by atoms with Gasteiger partial charge in [-0.05, 0) is 31.5 Å². The summed E-state index contributed by atoms with van der Waals surface area (Å²) in [7, 11) is 0. The summed E-state index contributed by atoms with van der Waals surface area (Å²) in [6, 6.07) is 14.2. The minimum Gasteiger partial charge on any atom is -0.463 e. The number of alkyl carbamates (subject to hydrolysis) is 1. The van der Waals surface area contributed by atoms with Crippen LogP contribution in [0.15, 0.2) is 54.6 Å². The van der Waals surface area contributed by atoms with Crippen molar-refractivity contribution in [2.24, 2.45) is 0 Å². The van der Waals surface area contributed by atoms with Crippen molar-refractivity contribution >= 4 is 17.7 Å². The molecule has 156 valence electrons. The molecule has 0 radical (unpaired) electrons. The Hall–Kier alpha value is -3.23. The van der Waals surface area contributed by atoms with Crippen LogP contribution >= 0.6 is 0 Å². The van der Waals surface area contributed by atoms with Gasteiger partial charge in [0, 0.05) is 5.69 Å². The zero-order valence-corrected chi connectivity index (χ0v) is 15.9. The van der Waals surface area contributed by atoms with Gasteiger partial charge in [0.05, 0.1) is 6.61 Å². The number of halogens is 3. The lowest BCUT2D eigenvalue weighted by Gasteiger charge is -2.34. The maximum atomic E-state index is 14.0. The molecular weight excluding hydrogens is 389 g/mol. The Balaban J connectivity index is 2.29. The first kappa shape index (κ1) is 22.1. The van der Waals surface area contributed by atoms with E-state index in [2.05, 4.69) is 10.1 Å². The molecule has 1 atom stereocenters. The molecule has 0 saturated heterocycles. The third-order valence-electron chi connectivity index (χ3n) is 3.89. The summed E-state index contributed by atoms with van der Waals surface area (Å²) in [5, 5.41) is 3.68. The second-order valence-electron chi connectivity index (χ2n) is 6.15. The number of esters is 1. The zero-order chi connectivity index (χ0) is 21.5. The van der Waals surface area contributed by atoms with Crippen LogP contribution in [0.4, 0.5) is 23.7 Å². The largest absolute Gasteiger partial charge is 0.463 e. The number of carbonyl (C=O) groups is 2. The van der Waals surface area contributed by atoms with E-state index >= 15 is 0 Å². The van der Waals surface area contributed by atoms with E-state index in [4.69, 9.17) is 4.74 Å². The molecule has 0 saturated carbocycles. The van der Waals surface area contributed by atoms with E-state index in [0.717, 1.165) is 5.56 Å². The molecule has 1 amide bonds. The molecule has 2 aromatic rings. The van der Waals surface area contributed by atoms with Gasteiger partial charge < -0.3 is 14.8 Å². The first-order valence-electron chi connectivity index (χ1n) is 8.75. The van der Waals surface area contributed by atoms with Crippen molar-refractivity contribution in [2.45, 2.75) is 32.3 Å². The molecule has 0 aromatic heterocycles. The first-order chi connectivity index (χ1) is 13.7. The van der Waals surface area contributed by atoms with Gasteiger partial charge in [-0.1, -0.05) is 48.0 Å². The van der Waals surface area contributed by atoms with Crippen LogP contribution in [-0.4, -0.2) is 30.5 Å². The molecule has 29 heavy (non-hydrogen) atoms. The topological polar surface area (TPSA) is 76.7 Å². The molecule has 0 aliphatic heterocycles. The van der Waals surface area contributed by atoms with E-state index < -0.39 is 23.9 Å². The Morgan fingerprint density at radius 3 is 2.14 bits per heavy atom. The summed E-state index contributed by atoms with van der Waals surface area (Å²) in [5.74, 6) is -1.70. The smallest absolute Gasteiger partial charge is 0.442 e. The van der Waals surface area contributed by atoms with Crippen LogP contribution in [0.25, 0.3) is 0 Å². The summed E-state index contributed by atoms with van der Waals surface area (Å²) >= 11 is 0. The van der Waals surface area contributed by atoms with Crippen molar-refractivity contribution in [3.8, 4) is 0 Å². The quantitative estimate of drug-likeness (QED) is 0.530. The number of ether oxygens (including phenoxy) is 2. The molecule has 0 unspecified atom stereocenters. The summed E-state index contributed by atoms with van der Waals surface area (Å²) in [6.45, 7) is 2.53. The van der Waals surface area contributed by atoms with Crippen molar-refractivity contribution in [3.63, 3.8) is 0 Å². The fourth-order valence-electron chi connectivity index (χ4n) is 2.40. The Morgan fingerprint density at radius 1 is 0.966 bits per heavy atom. The molecule has 0 bridgehead atoms. The first-order valence-corrected chi connectivity index (χ1v) is 8.75. The third-order valence-corrected chi connectivity index (χ3v) is 3.89. The Bertz CT molecular complexity index is 826. The van der Waals surface area contributed by atoms with Crippen LogP contribution in [0.1, 0.15) is 18.1 Å². The fourth-order valence-corrected chi connectivity index (χ4v) is 2.40. The lowest BCUT2D eigenvalue weighted by molar-refractivity contribution is -0.205. The number of benzene rings is 2. The van der Waals surface area contributed by atoms with E-state index in [1.165, 1.54) is 19.1 Å². The van der Waals surface area contributed by atoms with Gasteiger partial charge >= 0.3 is 23.9 Å². The fraction of sp³-hybridized carbons (Fsp3) is 0.300. The predicted molar refractivity (Wildman–Crippen MR) is 100.0 cm³/mol. The average Bonchev–Trinajstić information content (AvgIpc) is 2.67. The van der Waals surface area contributed by atoms with Gasteiger partial charge in [-0.25, -0.2) is 9.59 Å². The summed E-state index contributed by atoms with van der Waals surface area (Å²) in [5.41, 5.74) is -2.18. The van der Waals surface area contributed by atoms with Crippen molar-refractivity contribution in [3.05, 3.63) is 65.7 Å². The van der Waals surface area contributed by atoms with Crippen molar-refractivity contribution < 1.29 is 32.2 Å². The van der Waals surface area contributed by atoms with E-state index in [-0.39, 0.29) is 18.9 Å². The summed E-state index contributed by atoms with van der Waals surface area (Å²) in [6.07, 6.45) is -6.66. The van der Waals surface area contributed by atoms with Gasteiger partial charge in [-0.3, -0.25) is 5.32 Å². The number of nitrogens with one attached hydrogen (secondary N) is 2. The van der Waals surface area contributed by atoms with Crippen molar-refractivity contribution in [1.29, 1.82) is 0 Å². The third kappa shape index (κ3) is 5.63. The van der Waals surface area contributed by atoms with Crippen molar-refractivity contribution in [2.75, 3.05) is 11.9 Å². The number of hydrogen-bond acceptors (Lipinski definition) is 5. The van der Waals surface area contributed by atoms with Gasteiger partial charge in [-0.2, -0.15) is 13.2 Å². The normalized spacial score (nSPS) is 13.1. The molecule has 0 heterocycles. The highest BCUT2D eigenvalue weighted by molar-refractivity contribution is 5.89. The molecule has 9 heteroatoms.